The second-order valence-corrected chi connectivity index (χ2v) is 24.7. The Bertz CT molecular complexity index is 6260. The van der Waals surface area contributed by atoms with Gasteiger partial charge in [0.15, 0.2) is 42.4 Å². The minimum absolute atomic E-state index is 0. The van der Waals surface area contributed by atoms with Gasteiger partial charge in [-0.05, 0) is 153 Å². The van der Waals surface area contributed by atoms with Crippen LogP contribution in [-0.4, -0.2) is 4.98 Å². The summed E-state index contributed by atoms with van der Waals surface area (Å²) in [6, 6.07) is 96.0. The molecule has 1 aliphatic rings. The Morgan fingerprint density at radius 1 is 0.319 bits per heavy atom. The van der Waals surface area contributed by atoms with Gasteiger partial charge in [0.1, 0.15) is 5.52 Å². The summed E-state index contributed by atoms with van der Waals surface area (Å²) in [5.41, 5.74) is 13.1. The first-order valence-corrected chi connectivity index (χ1v) is 34.0. The second-order valence-electron chi connectivity index (χ2n) is 24.7. The molecule has 15 nitrogen and oxygen atoms in total. The van der Waals surface area contributed by atoms with E-state index >= 15 is 0 Å². The van der Waals surface area contributed by atoms with Gasteiger partial charge in [-0.25, -0.2) is 34.9 Å². The molecule has 1 aliphatic heterocycles. The molecule has 26 heteroatoms. The van der Waals surface area contributed by atoms with E-state index < -0.39 is 0 Å². The predicted molar refractivity (Wildman–Crippen MR) is 403 cm³/mol. The Morgan fingerprint density at radius 2 is 0.776 bits per heavy atom. The maximum absolute atomic E-state index is 12.4. The molecule has 0 unspecified atom stereocenters. The molecule has 0 saturated carbocycles. The number of fused-ring (bicyclic) bond motifs is 10. The molecule has 0 atom stereocenters. The molecule has 0 amide bonds. The van der Waals surface area contributed by atoms with Crippen molar-refractivity contribution in [3.63, 3.8) is 0 Å². The molecule has 516 valence electrons. The normalized spacial score (nSPS) is 9.94. The fourth-order valence-electron chi connectivity index (χ4n) is 12.6. The monoisotopic (exact) mass is 1450 g/mol. The van der Waals surface area contributed by atoms with E-state index in [1.165, 1.54) is 10.9 Å². The summed E-state index contributed by atoms with van der Waals surface area (Å²) in [5, 5.41) is 80.0. The number of aromatic amines is 6. The number of nitrogens with one attached hydrogen (secondary N) is 6. The first-order chi connectivity index (χ1) is 51.5. The Labute approximate surface area is 810 Å². The molecule has 9 heterocycles. The van der Waals surface area contributed by atoms with Crippen LogP contribution in [0.2, 0.25) is 0 Å². The average molecular weight is 1450 g/mol. The Morgan fingerprint density at radius 3 is 1.42 bits per heavy atom. The van der Waals surface area contributed by atoms with Crippen molar-refractivity contribution in [2.45, 2.75) is 13.7 Å². The van der Waals surface area contributed by atoms with Crippen LogP contribution in [0.4, 0.5) is 0 Å². The van der Waals surface area contributed by atoms with E-state index in [1.54, 1.807) is 85.5 Å². The first kappa shape index (κ1) is 102. The molecule has 0 spiro atoms. The molecular formula is C90H71Li11N8O7+8. The maximum atomic E-state index is 12.4. The summed E-state index contributed by atoms with van der Waals surface area (Å²) in [7, 11) is 0. The van der Waals surface area contributed by atoms with E-state index in [0.29, 0.717) is 39.9 Å². The van der Waals surface area contributed by atoms with Crippen molar-refractivity contribution in [1.29, 1.82) is 0 Å². The van der Waals surface area contributed by atoms with Gasteiger partial charge in [0.05, 0.1) is 10.8 Å². The van der Waals surface area contributed by atoms with Crippen LogP contribution in [0.1, 0.15) is 11.4 Å². The molecule has 0 bridgehead atoms. The van der Waals surface area contributed by atoms with Crippen LogP contribution in [0.25, 0.3) is 132 Å². The quantitative estimate of drug-likeness (QED) is 0.0932. The number of aromatic nitrogens is 8. The third-order valence-corrected chi connectivity index (χ3v) is 17.8. The van der Waals surface area contributed by atoms with Crippen LogP contribution in [0.5, 0.6) is 40.2 Å². The number of rotatable bonds is 3. The standard InChI is InChI=1S/C21H15NO.C18H12N2O.C13H9NO.C10H8NO.C10H9NO.2C9H7NO.11Li.4H/c23-20-13-17(15-7-3-1-4-8-15)11-18-12-19(14-22-21(18)20)16-9-5-2-6-10-16;21-16-6-2-1-5-14(16)15-10-9-13-8-7-12-4-3-11-19-17(12)18(13)20-15;15-12-8-9-4-1-2-5-10(9)11-6-3-7-14-13(11)12;1-3-8-4-2-6-11-7-12-9(5-1)10(8)11;1-7-5-6-8-3-2-4-9(12)10(8)11-7;2*11-8-5-1-3-7-4-2-6-10-9(7)8;;;;;;;;;;;;;;;/h1-14,23H;1-11,21H;1-8,15H;1-6H,7H2;2-6,12H,1H3;2*1-6,11H;;;;;;;;;;;;;;;/q;;;+1;;;;11*+1;4*-1. The van der Waals surface area contributed by atoms with E-state index in [-0.39, 0.29) is 248 Å². The van der Waals surface area contributed by atoms with Gasteiger partial charge in [-0.1, -0.05) is 176 Å². The number of hydrogen-bond acceptors (Lipinski definition) is 8. The number of nitrogens with zero attached hydrogens (tertiary/aromatic N) is 2. The van der Waals surface area contributed by atoms with E-state index in [2.05, 4.69) is 88.0 Å². The van der Waals surface area contributed by atoms with Crippen LogP contribution < -0.4 is 277 Å². The number of H-pyrrole nitrogens is 6. The summed E-state index contributed by atoms with van der Waals surface area (Å²) in [5.74, 6) is 1.21. The second kappa shape index (κ2) is 49.5. The number of benzene rings is 11. The Kier molecular flexibility index (Phi) is 43.7. The van der Waals surface area contributed by atoms with Gasteiger partial charge in [0, 0.05) is 93.0 Å². The van der Waals surface area contributed by atoms with Crippen LogP contribution >= 0.6 is 0 Å². The van der Waals surface area contributed by atoms with Crippen molar-refractivity contribution in [2.75, 3.05) is 0 Å². The molecular weight excluding hydrogens is 1380 g/mol. The van der Waals surface area contributed by atoms with Crippen molar-refractivity contribution < 1.29 is 283 Å². The number of aryl methyl sites for hydroxylation is 1. The smallest absolute Gasteiger partial charge is 1.00 e. The molecule has 20 rings (SSSR count). The van der Waals surface area contributed by atoms with Gasteiger partial charge in [0.2, 0.25) is 38.8 Å². The molecule has 116 heavy (non-hydrogen) atoms. The summed E-state index contributed by atoms with van der Waals surface area (Å²) < 4.78 is 7.59. The number of ether oxygens (including phenoxy) is 1. The number of hydrogen-bond donors (Lipinski definition) is 0. The fourth-order valence-corrected chi connectivity index (χ4v) is 12.6. The molecule has 0 saturated heterocycles. The summed E-state index contributed by atoms with van der Waals surface area (Å²) in [4.78, 5) is 22.8. The molecule has 0 aliphatic carbocycles. The summed E-state index contributed by atoms with van der Waals surface area (Å²) >= 11 is 0. The van der Waals surface area contributed by atoms with Gasteiger partial charge >= 0.3 is 207 Å². The van der Waals surface area contributed by atoms with Crippen LogP contribution in [0, 0.1) is 6.92 Å². The molecule has 0 fully saturated rings. The zero-order chi connectivity index (χ0) is 72.0. The number of para-hydroxylation sites is 5. The van der Waals surface area contributed by atoms with E-state index in [1.807, 2.05) is 213 Å². The van der Waals surface area contributed by atoms with E-state index in [0.717, 1.165) is 98.9 Å². The van der Waals surface area contributed by atoms with Crippen LogP contribution in [0.15, 0.2) is 340 Å². The van der Waals surface area contributed by atoms with Crippen molar-refractivity contribution in [3.8, 4) is 73.8 Å². The average Bonchev–Trinajstić information content (AvgIpc) is 0.990. The molecule has 19 aromatic rings. The molecule has 8 aromatic heterocycles. The van der Waals surface area contributed by atoms with Crippen molar-refractivity contribution in [1.82, 2.24) is 4.98 Å². The van der Waals surface area contributed by atoms with Gasteiger partial charge in [-0.3, -0.25) is 0 Å². The third-order valence-electron chi connectivity index (χ3n) is 17.8. The topological polar surface area (TPSA) is 249 Å². The van der Waals surface area contributed by atoms with Crippen molar-refractivity contribution in [2.24, 2.45) is 0 Å². The Hall–Kier alpha value is -7.87. The zero-order valence-corrected chi connectivity index (χ0v) is 67.8. The van der Waals surface area contributed by atoms with Gasteiger partial charge in [0.25, 0.3) is 12.2 Å². The summed E-state index contributed by atoms with van der Waals surface area (Å²) in [6.07, 6.45) is 11.0. The largest absolute Gasteiger partial charge is 1.00 e. The van der Waals surface area contributed by atoms with Crippen LogP contribution in [0.3, 0.4) is 0 Å². The maximum Gasteiger partial charge on any atom is 1.00 e. The van der Waals surface area contributed by atoms with Crippen molar-refractivity contribution in [3.05, 3.63) is 346 Å². The predicted octanol–water partition coefficient (Wildman–Crippen LogP) is -19.7. The summed E-state index contributed by atoms with van der Waals surface area (Å²) in [6.45, 7) is 2.59. The first-order valence-electron chi connectivity index (χ1n) is 34.0. The SMILES string of the molecule is Cc1ccc2cccc([O-])c2[nH+]1.[H-].[H-].[H-].[H-].[Li+].[Li+].[Li+].[Li+].[Li+].[Li+].[Li+].[Li+].[Li+].[Li+].[Li+].[O-]c1cc(-c2ccccc2)cc2cc(-c3ccccc3)c[nH+]c12.[O-]c1cc2ccccc2c2ccc[nH+]c12.[O-]c1cccc2ccc[nH+]c12.[O-]c1cccc2ccc[nH+]c12.[O-]c1ccccc1-c1ccc2ccc3cccnc3c2[nH+]1.c1cc2c3c(c1)ccc[n+]3CO2. The molecule has 11 aromatic carbocycles. The van der Waals surface area contributed by atoms with Crippen molar-refractivity contribution >= 4 is 98.0 Å². The Balaban J connectivity index is 0. The minimum Gasteiger partial charge on any atom is -1.00 e. The van der Waals surface area contributed by atoms with Crippen LogP contribution in [-0.2, 0) is 6.73 Å². The fraction of sp³-hybridized carbons (Fsp3) is 0.0222. The van der Waals surface area contributed by atoms with E-state index in [9.17, 15) is 30.6 Å². The minimum atomic E-state index is 0. The van der Waals surface area contributed by atoms with E-state index in [4.69, 9.17) is 4.74 Å². The van der Waals surface area contributed by atoms with Gasteiger partial charge < -0.3 is 41.1 Å². The van der Waals surface area contributed by atoms with Gasteiger partial charge in [-0.15, -0.1) is 0 Å². The number of pyridine rings is 8. The van der Waals surface area contributed by atoms with Gasteiger partial charge in [-0.2, -0.15) is 4.57 Å². The zero-order valence-electron chi connectivity index (χ0n) is 71.8. The molecule has 6 N–H and O–H groups in total. The molecule has 0 radical (unpaired) electrons. The third kappa shape index (κ3) is 24.9.